The lowest BCUT2D eigenvalue weighted by molar-refractivity contribution is -0.125. The summed E-state index contributed by atoms with van der Waals surface area (Å²) in [6.07, 6.45) is -0.772. The lowest BCUT2D eigenvalue weighted by atomic mass is 9.90. The first-order valence-electron chi connectivity index (χ1n) is 9.16. The number of carbonyl (C=O) groups is 2. The molecule has 0 spiro atoms. The van der Waals surface area contributed by atoms with Crippen molar-refractivity contribution in [2.24, 2.45) is 0 Å². The molecule has 4 rings (SSSR count). The predicted molar refractivity (Wildman–Crippen MR) is 107 cm³/mol. The van der Waals surface area contributed by atoms with Gasteiger partial charge in [0.05, 0.1) is 18.2 Å². The van der Waals surface area contributed by atoms with Crippen LogP contribution < -0.4 is 15.4 Å². The van der Waals surface area contributed by atoms with Crippen molar-refractivity contribution in [2.75, 3.05) is 11.9 Å². The van der Waals surface area contributed by atoms with Crippen LogP contribution in [-0.2, 0) is 9.59 Å². The summed E-state index contributed by atoms with van der Waals surface area (Å²) in [6, 6.07) is 26.4. The molecule has 2 N–H and O–H groups in total. The third kappa shape index (κ3) is 3.74. The number of hydrogen-bond donors (Lipinski definition) is 2. The van der Waals surface area contributed by atoms with Crippen LogP contribution in [0.5, 0.6) is 5.75 Å². The molecule has 1 aliphatic heterocycles. The molecule has 0 radical (unpaired) electrons. The quantitative estimate of drug-likeness (QED) is 0.722. The van der Waals surface area contributed by atoms with Crippen LogP contribution in [0.4, 0.5) is 5.69 Å². The highest BCUT2D eigenvalue weighted by molar-refractivity contribution is 5.98. The van der Waals surface area contributed by atoms with Crippen molar-refractivity contribution >= 4 is 17.5 Å². The summed E-state index contributed by atoms with van der Waals surface area (Å²) in [5.74, 6) is -0.298. The van der Waals surface area contributed by atoms with Crippen LogP contribution in [-0.4, -0.2) is 24.5 Å². The van der Waals surface area contributed by atoms with Crippen molar-refractivity contribution in [3.05, 3.63) is 96.1 Å². The van der Waals surface area contributed by atoms with Gasteiger partial charge in [-0.15, -0.1) is 0 Å². The van der Waals surface area contributed by atoms with E-state index in [-0.39, 0.29) is 18.4 Å². The Hall–Kier alpha value is -3.60. The van der Waals surface area contributed by atoms with Crippen molar-refractivity contribution < 1.29 is 14.3 Å². The van der Waals surface area contributed by atoms with Crippen LogP contribution in [0.2, 0.25) is 0 Å². The third-order valence-electron chi connectivity index (χ3n) is 4.70. The monoisotopic (exact) mass is 372 g/mol. The van der Waals surface area contributed by atoms with Gasteiger partial charge in [0.2, 0.25) is 5.91 Å². The van der Waals surface area contributed by atoms with Crippen molar-refractivity contribution in [3.8, 4) is 5.75 Å². The van der Waals surface area contributed by atoms with E-state index in [4.69, 9.17) is 4.74 Å². The molecule has 1 atom stereocenters. The van der Waals surface area contributed by atoms with E-state index in [1.807, 2.05) is 72.8 Å². The van der Waals surface area contributed by atoms with Gasteiger partial charge >= 0.3 is 0 Å². The zero-order valence-corrected chi connectivity index (χ0v) is 15.2. The first kappa shape index (κ1) is 17.8. The largest absolute Gasteiger partial charge is 0.477 e. The molecule has 5 heteroatoms. The maximum Gasteiger partial charge on any atom is 0.267 e. The van der Waals surface area contributed by atoms with Gasteiger partial charge in [-0.3, -0.25) is 9.59 Å². The van der Waals surface area contributed by atoms with Gasteiger partial charge in [-0.25, -0.2) is 0 Å². The second-order valence-electron chi connectivity index (χ2n) is 6.59. The highest BCUT2D eigenvalue weighted by Gasteiger charge is 2.29. The average Bonchev–Trinajstić information content (AvgIpc) is 2.74. The van der Waals surface area contributed by atoms with Crippen LogP contribution in [0, 0.1) is 0 Å². The van der Waals surface area contributed by atoms with Crippen LogP contribution in [0.25, 0.3) is 0 Å². The molecule has 1 heterocycles. The van der Waals surface area contributed by atoms with Gasteiger partial charge < -0.3 is 15.4 Å². The summed E-state index contributed by atoms with van der Waals surface area (Å²) < 4.78 is 5.76. The van der Waals surface area contributed by atoms with Gasteiger partial charge in [0.15, 0.2) is 6.10 Å². The number of anilines is 1. The number of para-hydroxylation sites is 2. The Kier molecular flexibility index (Phi) is 5.06. The molecule has 0 fully saturated rings. The summed E-state index contributed by atoms with van der Waals surface area (Å²) in [5.41, 5.74) is 2.43. The number of hydrogen-bond acceptors (Lipinski definition) is 3. The minimum absolute atomic E-state index is 0.0924. The zero-order chi connectivity index (χ0) is 19.3. The molecule has 2 amide bonds. The topological polar surface area (TPSA) is 67.4 Å². The van der Waals surface area contributed by atoms with Crippen molar-refractivity contribution in [1.29, 1.82) is 0 Å². The molecule has 28 heavy (non-hydrogen) atoms. The predicted octanol–water partition coefficient (Wildman–Crippen LogP) is 3.33. The van der Waals surface area contributed by atoms with Crippen molar-refractivity contribution in [3.63, 3.8) is 0 Å². The maximum absolute atomic E-state index is 13.0. The summed E-state index contributed by atoms with van der Waals surface area (Å²) in [4.78, 5) is 25.3. The molecule has 0 saturated carbocycles. The number of ether oxygens (including phenoxy) is 1. The highest BCUT2D eigenvalue weighted by Crippen LogP contribution is 2.29. The van der Waals surface area contributed by atoms with E-state index in [0.29, 0.717) is 11.4 Å². The summed E-state index contributed by atoms with van der Waals surface area (Å²) in [6.45, 7) is 0.0924. The molecule has 3 aromatic rings. The Morgan fingerprint density at radius 3 is 2.11 bits per heavy atom. The average molecular weight is 372 g/mol. The summed E-state index contributed by atoms with van der Waals surface area (Å²) in [7, 11) is 0. The number of fused-ring (bicyclic) bond motifs is 1. The molecule has 0 saturated heterocycles. The van der Waals surface area contributed by atoms with Crippen LogP contribution >= 0.6 is 0 Å². The SMILES string of the molecule is O=C1Nc2ccccc2OC1CNC(=O)C(c1ccccc1)c1ccccc1. The van der Waals surface area contributed by atoms with Crippen molar-refractivity contribution in [2.45, 2.75) is 12.0 Å². The Morgan fingerprint density at radius 2 is 1.46 bits per heavy atom. The van der Waals surface area contributed by atoms with E-state index < -0.39 is 12.0 Å². The Morgan fingerprint density at radius 1 is 0.893 bits per heavy atom. The standard InChI is InChI=1S/C23H20N2O3/c26-22-20(28-19-14-8-7-13-18(19)25-22)15-24-23(27)21(16-9-3-1-4-10-16)17-11-5-2-6-12-17/h1-14,20-21H,15H2,(H,24,27)(H,25,26). The Balaban J connectivity index is 1.50. The molecular weight excluding hydrogens is 352 g/mol. The molecule has 0 aliphatic carbocycles. The smallest absolute Gasteiger partial charge is 0.267 e. The van der Waals surface area contributed by atoms with E-state index in [1.54, 1.807) is 12.1 Å². The minimum atomic E-state index is -0.772. The second-order valence-corrected chi connectivity index (χ2v) is 6.59. The number of benzene rings is 3. The van der Waals surface area contributed by atoms with Gasteiger partial charge in [-0.1, -0.05) is 72.8 Å². The van der Waals surface area contributed by atoms with E-state index in [9.17, 15) is 9.59 Å². The molecule has 3 aromatic carbocycles. The fraction of sp³-hybridized carbons (Fsp3) is 0.130. The second kappa shape index (κ2) is 7.96. The van der Waals surface area contributed by atoms with Gasteiger partial charge in [-0.05, 0) is 23.3 Å². The molecule has 140 valence electrons. The minimum Gasteiger partial charge on any atom is -0.477 e. The zero-order valence-electron chi connectivity index (χ0n) is 15.2. The highest BCUT2D eigenvalue weighted by atomic mass is 16.5. The fourth-order valence-corrected chi connectivity index (χ4v) is 3.31. The lowest BCUT2D eigenvalue weighted by Crippen LogP contribution is -2.46. The molecular formula is C23H20N2O3. The van der Waals surface area contributed by atoms with Crippen LogP contribution in [0.3, 0.4) is 0 Å². The number of amides is 2. The number of carbonyl (C=O) groups excluding carboxylic acids is 2. The van der Waals surface area contributed by atoms with E-state index in [0.717, 1.165) is 11.1 Å². The summed E-state index contributed by atoms with van der Waals surface area (Å²) >= 11 is 0. The first-order chi connectivity index (χ1) is 13.7. The maximum atomic E-state index is 13.0. The van der Waals surface area contributed by atoms with Gasteiger partial charge in [0.25, 0.3) is 5.91 Å². The lowest BCUT2D eigenvalue weighted by Gasteiger charge is -2.26. The molecule has 1 aliphatic rings. The normalized spacial score (nSPS) is 15.3. The van der Waals surface area contributed by atoms with Gasteiger partial charge in [-0.2, -0.15) is 0 Å². The third-order valence-corrected chi connectivity index (χ3v) is 4.70. The van der Waals surface area contributed by atoms with Gasteiger partial charge in [0, 0.05) is 0 Å². The Bertz CT molecular complexity index is 934. The fourth-order valence-electron chi connectivity index (χ4n) is 3.31. The van der Waals surface area contributed by atoms with E-state index in [1.165, 1.54) is 0 Å². The molecule has 0 aromatic heterocycles. The molecule has 5 nitrogen and oxygen atoms in total. The van der Waals surface area contributed by atoms with Crippen LogP contribution in [0.15, 0.2) is 84.9 Å². The van der Waals surface area contributed by atoms with Gasteiger partial charge in [0.1, 0.15) is 5.75 Å². The van der Waals surface area contributed by atoms with E-state index in [2.05, 4.69) is 10.6 Å². The molecule has 0 bridgehead atoms. The number of rotatable bonds is 5. The summed E-state index contributed by atoms with van der Waals surface area (Å²) in [5, 5.41) is 5.70. The number of nitrogens with one attached hydrogen (secondary N) is 2. The Labute approximate surface area is 163 Å². The van der Waals surface area contributed by atoms with Crippen LogP contribution in [0.1, 0.15) is 17.0 Å². The molecule has 1 unspecified atom stereocenters. The van der Waals surface area contributed by atoms with E-state index >= 15 is 0 Å². The first-order valence-corrected chi connectivity index (χ1v) is 9.16. The van der Waals surface area contributed by atoms with Crippen molar-refractivity contribution in [1.82, 2.24) is 5.32 Å².